The normalized spacial score (nSPS) is 32.1. The number of likely N-dealkylation sites (N-methyl/N-ethyl adjacent to an activating group) is 6. The minimum atomic E-state index is -5.22. The number of carbonyl (C=O) groups excluding carboxylic acids is 12. The number of morpholine rings is 1. The summed E-state index contributed by atoms with van der Waals surface area (Å²) in [6.45, 7) is 7.74. The Balaban J connectivity index is 1.21. The van der Waals surface area contributed by atoms with Crippen LogP contribution in [-0.2, 0) is 67.0 Å². The summed E-state index contributed by atoms with van der Waals surface area (Å²) in [5.74, 6) is -16.8. The van der Waals surface area contributed by atoms with Gasteiger partial charge in [-0.1, -0.05) is 53.9 Å². The molecule has 8 rings (SSSR count). The van der Waals surface area contributed by atoms with Gasteiger partial charge in [0.25, 0.3) is 0 Å². The van der Waals surface area contributed by atoms with Gasteiger partial charge in [-0.3, -0.25) is 57.5 Å². The first-order chi connectivity index (χ1) is 52.2. The van der Waals surface area contributed by atoms with Crippen molar-refractivity contribution >= 4 is 70.9 Å². The van der Waals surface area contributed by atoms with Crippen molar-refractivity contribution in [3.63, 3.8) is 0 Å². The van der Waals surface area contributed by atoms with Gasteiger partial charge in [0.05, 0.1) is 44.7 Å². The second-order valence-corrected chi connectivity index (χ2v) is 33.2. The molecule has 4 aliphatic carbocycles. The molecular formula is C77H120F8N12O14. The molecule has 3 N–H and O–H groups in total. The number of hydrogen-bond acceptors (Lipinski definition) is 14. The van der Waals surface area contributed by atoms with Crippen molar-refractivity contribution in [3.8, 4) is 0 Å². The first kappa shape index (κ1) is 89.5. The van der Waals surface area contributed by atoms with Crippen molar-refractivity contribution < 1.29 is 102 Å². The van der Waals surface area contributed by atoms with Gasteiger partial charge >= 0.3 is 12.4 Å². The summed E-state index contributed by atoms with van der Waals surface area (Å²) in [6, 6.07) is -11.4. The minimum absolute atomic E-state index is 0.00779. The van der Waals surface area contributed by atoms with E-state index in [2.05, 4.69) is 16.0 Å². The van der Waals surface area contributed by atoms with Crippen LogP contribution in [0.25, 0.3) is 0 Å². The number of rotatable bonds is 14. The molecule has 0 aromatic carbocycles. The Bertz CT molecular complexity index is 3270. The van der Waals surface area contributed by atoms with Crippen LogP contribution in [0.1, 0.15) is 189 Å². The van der Waals surface area contributed by atoms with E-state index in [0.717, 1.165) is 24.5 Å². The molecule has 628 valence electrons. The number of ether oxygens (including phenoxy) is 2. The summed E-state index contributed by atoms with van der Waals surface area (Å²) in [7, 11) is 8.10. The van der Waals surface area contributed by atoms with Crippen molar-refractivity contribution in [2.24, 2.45) is 41.4 Å². The monoisotopic (exact) mass is 1590 g/mol. The number of fused-ring (bicyclic) bond motifs is 3. The molecule has 8 fully saturated rings. The molecule has 8 aliphatic rings. The van der Waals surface area contributed by atoms with Gasteiger partial charge in [-0.2, -0.15) is 26.3 Å². The predicted octanol–water partition coefficient (Wildman–Crippen LogP) is 6.35. The van der Waals surface area contributed by atoms with Gasteiger partial charge in [-0.15, -0.1) is 0 Å². The van der Waals surface area contributed by atoms with Crippen molar-refractivity contribution in [2.45, 2.75) is 273 Å². The Morgan fingerprint density at radius 1 is 0.595 bits per heavy atom. The zero-order chi connectivity index (χ0) is 81.9. The van der Waals surface area contributed by atoms with Crippen LogP contribution in [-0.4, -0.2) is 301 Å². The molecule has 4 aliphatic heterocycles. The van der Waals surface area contributed by atoms with Gasteiger partial charge in [0.1, 0.15) is 72.1 Å². The molecule has 0 aromatic rings. The van der Waals surface area contributed by atoms with Crippen LogP contribution < -0.4 is 16.0 Å². The number of carbonyl (C=O) groups is 12. The smallest absolute Gasteiger partial charge is 0.378 e. The summed E-state index contributed by atoms with van der Waals surface area (Å²) >= 11 is 0. The Kier molecular flexibility index (Phi) is 31.4. The van der Waals surface area contributed by atoms with Crippen LogP contribution in [0.3, 0.4) is 0 Å². The molecular weight excluding hydrogens is 1470 g/mol. The SMILES string of the molecule is CCCO[C@H]1CCN2C(=O)[C@H](CCC3CC(F)C(C(F)(F)F)C(F)C3)NC(=O)CN(C)C(=O)[C@H](CC3CCC(C(F)(F)F)CC3)N3CCCC[C@@H](C3=O)N(C)C(=O)CN(C)C(=O)[C@H]([C@@H](C)CC)NC(=O)[C@H](CC(C)C)N(C)C(=O)C[C@@H](C(=O)N3CCOCC3)N(C)C(=O)[C@H](C3CCCC3)N(C)C(=O)C3(CCC3)NC(=O)[C@H]12. The van der Waals surface area contributed by atoms with Crippen molar-refractivity contribution in [1.29, 1.82) is 0 Å². The molecule has 12 amide bonds. The van der Waals surface area contributed by atoms with Gasteiger partial charge in [-0.05, 0) is 158 Å². The van der Waals surface area contributed by atoms with E-state index < -0.39 is 230 Å². The van der Waals surface area contributed by atoms with Crippen LogP contribution in [0, 0.1) is 41.4 Å². The maximum Gasteiger partial charge on any atom is 0.397 e. The molecule has 34 heteroatoms. The fourth-order valence-corrected chi connectivity index (χ4v) is 17.9. The summed E-state index contributed by atoms with van der Waals surface area (Å²) in [5, 5.41) is 8.48. The lowest BCUT2D eigenvalue weighted by Gasteiger charge is -2.47. The maximum atomic E-state index is 15.8. The highest BCUT2D eigenvalue weighted by molar-refractivity contribution is 6.01. The maximum absolute atomic E-state index is 15.8. The number of halogens is 8. The van der Waals surface area contributed by atoms with Crippen LogP contribution in [0.2, 0.25) is 0 Å². The van der Waals surface area contributed by atoms with E-state index in [4.69, 9.17) is 9.47 Å². The van der Waals surface area contributed by atoms with E-state index in [1.54, 1.807) is 20.8 Å². The van der Waals surface area contributed by atoms with Crippen molar-refractivity contribution in [3.05, 3.63) is 0 Å². The van der Waals surface area contributed by atoms with E-state index in [9.17, 15) is 40.7 Å². The average Bonchev–Trinajstić information content (AvgIpc) is 1.74. The van der Waals surface area contributed by atoms with Crippen molar-refractivity contribution in [2.75, 3.05) is 101 Å². The number of hydrogen-bond donors (Lipinski definition) is 3. The van der Waals surface area contributed by atoms with E-state index in [1.807, 2.05) is 13.8 Å². The standard InChI is InChI=1S/C77H120F8N12O14/c1-12-35-111-58-28-32-97-65(58)67(102)88-75(29-18-30-75)74(109)94(11)64(49-19-14-15-20-49)73(108)93(10)56(70(105)95-33-36-110-37-34-95)42-60(99)92(9)55(38-45(3)4)66(101)87-63(46(5)13-2)72(107)90(7)44-61(100)91(8)54-21-16-17-31-96(71(54)106)57(41-47-22-25-50(26-23-47)76(80,81)82)69(104)89(6)43-59(98)86-53(68(97)103)27-24-48-39-51(78)62(52(79)40-48)77(83,84)85/h45-58,62-65H,12-44H2,1-11H3,(H,86,98)(H,87,101)(H,88,102)/t46-,47?,48?,50?,51?,52?,53-,54-,55-,56-,57-,58-,62?,63-,64-,65-/m0/s1. The minimum Gasteiger partial charge on any atom is -0.378 e. The van der Waals surface area contributed by atoms with Crippen LogP contribution >= 0.6 is 0 Å². The molecule has 4 heterocycles. The van der Waals surface area contributed by atoms with E-state index in [-0.39, 0.29) is 129 Å². The van der Waals surface area contributed by atoms with Gasteiger partial charge < -0.3 is 69.5 Å². The number of nitrogens with zero attached hydrogens (tertiary/aromatic N) is 9. The summed E-state index contributed by atoms with van der Waals surface area (Å²) in [5.41, 5.74) is -1.72. The number of alkyl halides is 8. The third kappa shape index (κ3) is 21.7. The summed E-state index contributed by atoms with van der Waals surface area (Å²) in [4.78, 5) is 194. The first-order valence-corrected chi connectivity index (χ1v) is 40.2. The molecule has 4 saturated heterocycles. The molecule has 4 saturated carbocycles. The topological polar surface area (TPSA) is 289 Å². The zero-order valence-electron chi connectivity index (χ0n) is 66.5. The number of amides is 12. The van der Waals surface area contributed by atoms with Gasteiger partial charge in [0, 0.05) is 75.1 Å². The fraction of sp³-hybridized carbons (Fsp3) is 0.844. The highest BCUT2D eigenvalue weighted by Crippen LogP contribution is 2.46. The zero-order valence-corrected chi connectivity index (χ0v) is 66.5. The number of nitrogens with one attached hydrogen (secondary N) is 3. The molecule has 1 spiro atoms. The molecule has 2 unspecified atom stereocenters. The second-order valence-electron chi connectivity index (χ2n) is 33.2. The third-order valence-electron chi connectivity index (χ3n) is 25.0. The summed E-state index contributed by atoms with van der Waals surface area (Å²) in [6.07, 6.45) is -15.5. The lowest BCUT2D eigenvalue weighted by molar-refractivity contribution is -0.219. The predicted molar refractivity (Wildman–Crippen MR) is 390 cm³/mol. The molecule has 12 atom stereocenters. The van der Waals surface area contributed by atoms with Crippen LogP contribution in [0.15, 0.2) is 0 Å². The Morgan fingerprint density at radius 3 is 1.79 bits per heavy atom. The Hall–Kier alpha value is -7.00. The first-order valence-electron chi connectivity index (χ1n) is 40.2. The van der Waals surface area contributed by atoms with E-state index >= 15 is 51.9 Å². The van der Waals surface area contributed by atoms with E-state index in [1.165, 1.54) is 61.9 Å². The van der Waals surface area contributed by atoms with Crippen LogP contribution in [0.5, 0.6) is 0 Å². The Labute approximate surface area is 646 Å². The molecule has 111 heavy (non-hydrogen) atoms. The second kappa shape index (κ2) is 38.9. The van der Waals surface area contributed by atoms with Crippen LogP contribution in [0.4, 0.5) is 35.1 Å². The molecule has 2 bridgehead atoms. The third-order valence-corrected chi connectivity index (χ3v) is 25.0. The Morgan fingerprint density at radius 2 is 1.22 bits per heavy atom. The van der Waals surface area contributed by atoms with Crippen molar-refractivity contribution in [1.82, 2.24) is 60.0 Å². The van der Waals surface area contributed by atoms with Gasteiger partial charge in [-0.25, -0.2) is 8.78 Å². The quantitative estimate of drug-likeness (QED) is 0.160. The highest BCUT2D eigenvalue weighted by atomic mass is 19.4. The highest BCUT2D eigenvalue weighted by Gasteiger charge is 2.57. The van der Waals surface area contributed by atoms with Gasteiger partial charge in [0.2, 0.25) is 70.9 Å². The average molecular weight is 1590 g/mol. The van der Waals surface area contributed by atoms with E-state index in [0.29, 0.717) is 51.4 Å². The lowest BCUT2D eigenvalue weighted by Crippen LogP contribution is -2.69. The van der Waals surface area contributed by atoms with Gasteiger partial charge in [0.15, 0.2) is 0 Å². The molecule has 0 aromatic heterocycles. The molecule has 0 radical (unpaired) electrons. The summed E-state index contributed by atoms with van der Waals surface area (Å²) < 4.78 is 127. The molecule has 26 nitrogen and oxygen atoms in total. The lowest BCUT2D eigenvalue weighted by atomic mass is 9.74. The largest absolute Gasteiger partial charge is 0.397 e. The fourth-order valence-electron chi connectivity index (χ4n) is 17.9.